The van der Waals surface area contributed by atoms with E-state index in [9.17, 15) is 9.59 Å². The zero-order valence-corrected chi connectivity index (χ0v) is 18.1. The van der Waals surface area contributed by atoms with Crippen LogP contribution in [0.15, 0.2) is 48.5 Å². The second-order valence-corrected chi connectivity index (χ2v) is 7.22. The smallest absolute Gasteiger partial charge is 0.255 e. The Morgan fingerprint density at radius 2 is 1.52 bits per heavy atom. The normalized spacial score (nSPS) is 10.5. The van der Waals surface area contributed by atoms with Crippen molar-refractivity contribution in [3.05, 3.63) is 59.7 Å². The summed E-state index contributed by atoms with van der Waals surface area (Å²) < 4.78 is 0. The molecule has 0 fully saturated rings. The number of hydrogen-bond acceptors (Lipinski definition) is 3. The molecule has 1 N–H and O–H groups in total. The van der Waals surface area contributed by atoms with Crippen LogP contribution in [-0.2, 0) is 11.2 Å². The maximum absolute atomic E-state index is 12.5. The fraction of sp³-hybridized carbons (Fsp3) is 0.417. The molecule has 5 nitrogen and oxygen atoms in total. The summed E-state index contributed by atoms with van der Waals surface area (Å²) in [4.78, 5) is 28.7. The van der Waals surface area contributed by atoms with Crippen LogP contribution in [0.3, 0.4) is 0 Å². The van der Waals surface area contributed by atoms with E-state index in [-0.39, 0.29) is 11.8 Å². The zero-order chi connectivity index (χ0) is 21.2. The largest absolute Gasteiger partial charge is 0.375 e. The Hall–Kier alpha value is -2.82. The van der Waals surface area contributed by atoms with Crippen molar-refractivity contribution in [1.82, 2.24) is 4.90 Å². The lowest BCUT2D eigenvalue weighted by Gasteiger charge is -2.19. The van der Waals surface area contributed by atoms with Crippen LogP contribution < -0.4 is 10.2 Å². The van der Waals surface area contributed by atoms with Crippen molar-refractivity contribution < 1.29 is 9.59 Å². The molecule has 0 aromatic heterocycles. The Bertz CT molecular complexity index is 781. The molecule has 0 aliphatic rings. The summed E-state index contributed by atoms with van der Waals surface area (Å²) in [6, 6.07) is 15.1. The van der Waals surface area contributed by atoms with Gasteiger partial charge < -0.3 is 15.1 Å². The van der Waals surface area contributed by atoms with Crippen molar-refractivity contribution >= 4 is 23.2 Å². The first-order valence-corrected chi connectivity index (χ1v) is 10.5. The van der Waals surface area contributed by atoms with E-state index < -0.39 is 0 Å². The fourth-order valence-corrected chi connectivity index (χ4v) is 3.16. The topological polar surface area (TPSA) is 52.7 Å². The minimum absolute atomic E-state index is 0.121. The maximum Gasteiger partial charge on any atom is 0.255 e. The van der Waals surface area contributed by atoms with Gasteiger partial charge in [0, 0.05) is 43.6 Å². The molecule has 0 saturated carbocycles. The number of hydrogen-bond donors (Lipinski definition) is 1. The van der Waals surface area contributed by atoms with E-state index in [4.69, 9.17) is 0 Å². The molecule has 156 valence electrons. The van der Waals surface area contributed by atoms with E-state index >= 15 is 0 Å². The lowest BCUT2D eigenvalue weighted by molar-refractivity contribution is -0.130. The summed E-state index contributed by atoms with van der Waals surface area (Å²) in [5.41, 5.74) is 3.40. The predicted octanol–water partition coefficient (Wildman–Crippen LogP) is 4.59. The molecule has 0 heterocycles. The quantitative estimate of drug-likeness (QED) is 0.640. The Morgan fingerprint density at radius 1 is 0.897 bits per heavy atom. The first-order valence-electron chi connectivity index (χ1n) is 10.5. The summed E-state index contributed by atoms with van der Waals surface area (Å²) in [6.45, 7) is 8.58. The van der Waals surface area contributed by atoms with Crippen molar-refractivity contribution in [2.45, 2.75) is 40.0 Å². The zero-order valence-electron chi connectivity index (χ0n) is 18.1. The van der Waals surface area contributed by atoms with Crippen molar-refractivity contribution in [3.8, 4) is 0 Å². The number of likely N-dealkylation sites (N-methyl/N-ethyl adjacent to an activating group) is 1. The third-order valence-electron chi connectivity index (χ3n) is 5.10. The maximum atomic E-state index is 12.5. The SMILES string of the molecule is CCCCN(C)c1ccc(C(=O)Nc2ccc(CC(=O)N(CC)CC)cc2)cc1. The molecular formula is C24H33N3O2. The number of unbranched alkanes of at least 4 members (excludes halogenated alkanes) is 1. The molecule has 0 unspecified atom stereocenters. The summed E-state index contributed by atoms with van der Waals surface area (Å²) in [5, 5.41) is 2.92. The lowest BCUT2D eigenvalue weighted by Crippen LogP contribution is -2.31. The average Bonchev–Trinajstić information content (AvgIpc) is 2.74. The van der Waals surface area contributed by atoms with Gasteiger partial charge in [-0.05, 0) is 62.2 Å². The van der Waals surface area contributed by atoms with E-state index in [0.29, 0.717) is 12.0 Å². The summed E-state index contributed by atoms with van der Waals surface area (Å²) in [5.74, 6) is -0.0180. The highest BCUT2D eigenvalue weighted by Gasteiger charge is 2.11. The summed E-state index contributed by atoms with van der Waals surface area (Å²) in [6.07, 6.45) is 2.69. The van der Waals surface area contributed by atoms with Crippen LogP contribution in [0.5, 0.6) is 0 Å². The van der Waals surface area contributed by atoms with E-state index in [1.54, 1.807) is 0 Å². The monoisotopic (exact) mass is 395 g/mol. The van der Waals surface area contributed by atoms with Gasteiger partial charge in [0.1, 0.15) is 0 Å². The number of carbonyl (C=O) groups is 2. The molecule has 0 radical (unpaired) electrons. The first kappa shape index (κ1) is 22.5. The molecule has 5 heteroatoms. The van der Waals surface area contributed by atoms with Gasteiger partial charge in [-0.25, -0.2) is 0 Å². The number of amides is 2. The molecule has 0 aliphatic carbocycles. The predicted molar refractivity (Wildman–Crippen MR) is 121 cm³/mol. The van der Waals surface area contributed by atoms with Crippen LogP contribution in [-0.4, -0.2) is 43.4 Å². The number of rotatable bonds is 10. The molecule has 0 aliphatic heterocycles. The Balaban J connectivity index is 1.94. The number of nitrogens with one attached hydrogen (secondary N) is 1. The van der Waals surface area contributed by atoms with Gasteiger partial charge in [-0.1, -0.05) is 25.5 Å². The number of nitrogens with zero attached hydrogens (tertiary/aromatic N) is 2. The van der Waals surface area contributed by atoms with Gasteiger partial charge >= 0.3 is 0 Å². The van der Waals surface area contributed by atoms with Crippen LogP contribution >= 0.6 is 0 Å². The van der Waals surface area contributed by atoms with Crippen molar-refractivity contribution in [2.75, 3.05) is 36.9 Å². The van der Waals surface area contributed by atoms with Crippen LogP contribution in [0.25, 0.3) is 0 Å². The molecule has 0 saturated heterocycles. The van der Waals surface area contributed by atoms with Gasteiger partial charge in [-0.15, -0.1) is 0 Å². The van der Waals surface area contributed by atoms with Crippen LogP contribution in [0.2, 0.25) is 0 Å². The molecular weight excluding hydrogens is 362 g/mol. The molecule has 0 bridgehead atoms. The van der Waals surface area contributed by atoms with Gasteiger partial charge in [-0.2, -0.15) is 0 Å². The van der Waals surface area contributed by atoms with E-state index in [2.05, 4.69) is 24.2 Å². The van der Waals surface area contributed by atoms with Gasteiger partial charge in [0.15, 0.2) is 0 Å². The third-order valence-corrected chi connectivity index (χ3v) is 5.10. The highest BCUT2D eigenvalue weighted by Crippen LogP contribution is 2.17. The number of benzene rings is 2. The van der Waals surface area contributed by atoms with Crippen LogP contribution in [0.1, 0.15) is 49.5 Å². The van der Waals surface area contributed by atoms with E-state index in [0.717, 1.165) is 49.4 Å². The molecule has 0 spiro atoms. The van der Waals surface area contributed by atoms with Crippen molar-refractivity contribution in [1.29, 1.82) is 0 Å². The minimum Gasteiger partial charge on any atom is -0.375 e. The number of anilines is 2. The van der Waals surface area contributed by atoms with Gasteiger partial charge in [0.25, 0.3) is 5.91 Å². The number of carbonyl (C=O) groups excluding carboxylic acids is 2. The lowest BCUT2D eigenvalue weighted by atomic mass is 10.1. The summed E-state index contributed by atoms with van der Waals surface area (Å²) in [7, 11) is 2.07. The highest BCUT2D eigenvalue weighted by atomic mass is 16.2. The van der Waals surface area contributed by atoms with Crippen LogP contribution in [0.4, 0.5) is 11.4 Å². The van der Waals surface area contributed by atoms with Crippen molar-refractivity contribution in [2.24, 2.45) is 0 Å². The Kier molecular flexibility index (Phi) is 8.71. The standard InChI is InChI=1S/C24H33N3O2/c1-5-8-17-26(4)22-15-11-20(12-16-22)24(29)25-21-13-9-19(10-14-21)18-23(28)27(6-2)7-3/h9-16H,5-8,17-18H2,1-4H3,(H,25,29). The van der Waals surface area contributed by atoms with E-state index in [1.807, 2.05) is 67.3 Å². The van der Waals surface area contributed by atoms with Gasteiger partial charge in [-0.3, -0.25) is 9.59 Å². The van der Waals surface area contributed by atoms with Gasteiger partial charge in [0.2, 0.25) is 5.91 Å². The van der Waals surface area contributed by atoms with Crippen molar-refractivity contribution in [3.63, 3.8) is 0 Å². The molecule has 2 aromatic carbocycles. The first-order chi connectivity index (χ1) is 14.0. The summed E-state index contributed by atoms with van der Waals surface area (Å²) >= 11 is 0. The van der Waals surface area contributed by atoms with Gasteiger partial charge in [0.05, 0.1) is 6.42 Å². The molecule has 2 amide bonds. The minimum atomic E-state index is -0.139. The Morgan fingerprint density at radius 3 is 2.07 bits per heavy atom. The molecule has 29 heavy (non-hydrogen) atoms. The fourth-order valence-electron chi connectivity index (χ4n) is 3.16. The second kappa shape index (κ2) is 11.2. The second-order valence-electron chi connectivity index (χ2n) is 7.22. The van der Waals surface area contributed by atoms with Crippen LogP contribution in [0, 0.1) is 0 Å². The Labute approximate surface area is 174 Å². The molecule has 2 rings (SSSR count). The average molecular weight is 396 g/mol. The highest BCUT2D eigenvalue weighted by molar-refractivity contribution is 6.04. The molecule has 0 atom stereocenters. The third kappa shape index (κ3) is 6.63. The van der Waals surface area contributed by atoms with E-state index in [1.165, 1.54) is 0 Å². The molecule has 2 aromatic rings.